The highest BCUT2D eigenvalue weighted by Crippen LogP contribution is 2.30. The molecule has 0 saturated carbocycles. The summed E-state index contributed by atoms with van der Waals surface area (Å²) in [5.41, 5.74) is 6.72. The van der Waals surface area contributed by atoms with E-state index in [1.54, 1.807) is 6.07 Å². The lowest BCUT2D eigenvalue weighted by molar-refractivity contribution is 0.0215. The topological polar surface area (TPSA) is 47.3 Å². The number of nitrogens with two attached hydrogens (primary N) is 1. The molecule has 7 heteroatoms. The van der Waals surface area contributed by atoms with Crippen molar-refractivity contribution < 1.29 is 13.5 Å². The molecule has 1 aromatic rings. The highest BCUT2D eigenvalue weighted by atomic mass is 35.5. The highest BCUT2D eigenvalue weighted by Gasteiger charge is 2.05. The van der Waals surface area contributed by atoms with Gasteiger partial charge < -0.3 is 15.8 Å². The largest absolute Gasteiger partial charge is 0.397 e. The van der Waals surface area contributed by atoms with E-state index in [-0.39, 0.29) is 6.61 Å². The molecule has 0 atom stereocenters. The minimum Gasteiger partial charge on any atom is -0.397 e. The summed E-state index contributed by atoms with van der Waals surface area (Å²) in [6, 6.07) is 3.10. The van der Waals surface area contributed by atoms with Crippen LogP contribution in [0.15, 0.2) is 12.1 Å². The fourth-order valence-electron chi connectivity index (χ4n) is 1.15. The Labute approximate surface area is 108 Å². The van der Waals surface area contributed by atoms with Crippen molar-refractivity contribution in [2.75, 3.05) is 30.8 Å². The summed E-state index contributed by atoms with van der Waals surface area (Å²) < 4.78 is 28.2. The summed E-state index contributed by atoms with van der Waals surface area (Å²) in [7, 11) is 0. The van der Waals surface area contributed by atoms with Gasteiger partial charge in [-0.25, -0.2) is 8.78 Å². The maximum Gasteiger partial charge on any atom is 0.261 e. The van der Waals surface area contributed by atoms with E-state index in [0.29, 0.717) is 28.0 Å². The van der Waals surface area contributed by atoms with E-state index in [1.165, 1.54) is 6.07 Å². The Hall–Kier alpha value is -0.780. The Bertz CT molecular complexity index is 378. The van der Waals surface area contributed by atoms with Crippen LogP contribution in [0.5, 0.6) is 0 Å². The predicted molar refractivity (Wildman–Crippen MR) is 66.2 cm³/mol. The minimum atomic E-state index is -2.45. The van der Waals surface area contributed by atoms with Crippen LogP contribution in [0.3, 0.4) is 0 Å². The average molecular weight is 285 g/mol. The molecule has 0 amide bonds. The zero-order chi connectivity index (χ0) is 12.8. The van der Waals surface area contributed by atoms with Crippen LogP contribution in [0.25, 0.3) is 0 Å². The summed E-state index contributed by atoms with van der Waals surface area (Å²) >= 11 is 11.6. The van der Waals surface area contributed by atoms with Gasteiger partial charge in [0.2, 0.25) is 0 Å². The monoisotopic (exact) mass is 284 g/mol. The van der Waals surface area contributed by atoms with Crippen molar-refractivity contribution in [1.82, 2.24) is 0 Å². The third-order valence-corrected chi connectivity index (χ3v) is 2.62. The number of anilines is 2. The molecule has 0 heterocycles. The lowest BCUT2D eigenvalue weighted by atomic mass is 10.2. The first kappa shape index (κ1) is 14.3. The Morgan fingerprint density at radius 1 is 1.29 bits per heavy atom. The zero-order valence-corrected chi connectivity index (χ0v) is 10.4. The van der Waals surface area contributed by atoms with Crippen molar-refractivity contribution >= 4 is 34.6 Å². The fraction of sp³-hybridized carbons (Fsp3) is 0.400. The van der Waals surface area contributed by atoms with Crippen LogP contribution in [0.1, 0.15) is 0 Å². The number of nitrogens with one attached hydrogen (secondary N) is 1. The number of rotatable bonds is 6. The number of hydrogen-bond donors (Lipinski definition) is 2. The van der Waals surface area contributed by atoms with Crippen molar-refractivity contribution in [2.45, 2.75) is 6.43 Å². The quantitative estimate of drug-likeness (QED) is 0.623. The Morgan fingerprint density at radius 3 is 2.59 bits per heavy atom. The zero-order valence-electron chi connectivity index (χ0n) is 8.85. The first-order valence-corrected chi connectivity index (χ1v) is 5.60. The van der Waals surface area contributed by atoms with E-state index in [4.69, 9.17) is 33.7 Å². The van der Waals surface area contributed by atoms with E-state index in [2.05, 4.69) is 5.32 Å². The van der Waals surface area contributed by atoms with E-state index >= 15 is 0 Å². The third kappa shape index (κ3) is 4.93. The van der Waals surface area contributed by atoms with Gasteiger partial charge in [0.25, 0.3) is 6.43 Å². The molecule has 0 spiro atoms. The first-order chi connectivity index (χ1) is 8.00. The maximum absolute atomic E-state index is 11.7. The molecule has 0 aromatic heterocycles. The second-order valence-electron chi connectivity index (χ2n) is 3.25. The van der Waals surface area contributed by atoms with Crippen LogP contribution in [-0.2, 0) is 4.74 Å². The number of halogens is 4. The normalized spacial score (nSPS) is 10.9. The van der Waals surface area contributed by atoms with Crippen LogP contribution < -0.4 is 11.1 Å². The van der Waals surface area contributed by atoms with Crippen LogP contribution >= 0.6 is 23.2 Å². The highest BCUT2D eigenvalue weighted by molar-refractivity contribution is 6.42. The first-order valence-electron chi connectivity index (χ1n) is 4.85. The van der Waals surface area contributed by atoms with Gasteiger partial charge in [-0.15, -0.1) is 0 Å². The standard InChI is InChI=1S/C10H12Cl2F2N2O/c11-6-3-8(15)9(4-7(6)12)16-1-2-17-5-10(13)14/h3-4,10,16H,1-2,5,15H2. The SMILES string of the molecule is Nc1cc(Cl)c(Cl)cc1NCCOCC(F)F. The predicted octanol–water partition coefficient (Wildman–Crippen LogP) is 3.27. The summed E-state index contributed by atoms with van der Waals surface area (Å²) in [5.74, 6) is 0. The van der Waals surface area contributed by atoms with Crippen molar-refractivity contribution in [3.8, 4) is 0 Å². The Kier molecular flexibility index (Phi) is 5.74. The molecule has 0 fully saturated rings. The second kappa shape index (κ2) is 6.83. The van der Waals surface area contributed by atoms with Crippen LogP contribution in [0.2, 0.25) is 10.0 Å². The van der Waals surface area contributed by atoms with Gasteiger partial charge in [0, 0.05) is 6.54 Å². The molecule has 1 rings (SSSR count). The van der Waals surface area contributed by atoms with Gasteiger partial charge in [0.1, 0.15) is 6.61 Å². The van der Waals surface area contributed by atoms with Gasteiger partial charge in [-0.3, -0.25) is 0 Å². The molecular formula is C10H12Cl2F2N2O. The van der Waals surface area contributed by atoms with Crippen molar-refractivity contribution in [3.05, 3.63) is 22.2 Å². The number of ether oxygens (including phenoxy) is 1. The van der Waals surface area contributed by atoms with Gasteiger partial charge >= 0.3 is 0 Å². The van der Waals surface area contributed by atoms with Gasteiger partial charge in [-0.1, -0.05) is 23.2 Å². The van der Waals surface area contributed by atoms with Gasteiger partial charge in [0.05, 0.1) is 28.0 Å². The maximum atomic E-state index is 11.7. The Balaban J connectivity index is 2.39. The molecule has 0 saturated heterocycles. The molecular weight excluding hydrogens is 273 g/mol. The lowest BCUT2D eigenvalue weighted by Crippen LogP contribution is -2.13. The molecule has 17 heavy (non-hydrogen) atoms. The molecule has 0 bridgehead atoms. The fourth-order valence-corrected chi connectivity index (χ4v) is 1.48. The van der Waals surface area contributed by atoms with E-state index < -0.39 is 13.0 Å². The molecule has 0 aliphatic carbocycles. The van der Waals surface area contributed by atoms with E-state index in [0.717, 1.165) is 0 Å². The summed E-state index contributed by atoms with van der Waals surface area (Å²) in [4.78, 5) is 0. The van der Waals surface area contributed by atoms with Gasteiger partial charge in [0.15, 0.2) is 0 Å². The third-order valence-electron chi connectivity index (χ3n) is 1.90. The minimum absolute atomic E-state index is 0.157. The summed E-state index contributed by atoms with van der Waals surface area (Å²) in [5, 5.41) is 3.65. The van der Waals surface area contributed by atoms with E-state index in [9.17, 15) is 8.78 Å². The molecule has 3 N–H and O–H groups in total. The van der Waals surface area contributed by atoms with Crippen LogP contribution in [-0.4, -0.2) is 26.2 Å². The molecule has 96 valence electrons. The number of alkyl halides is 2. The summed E-state index contributed by atoms with van der Waals surface area (Å²) in [6.07, 6.45) is -2.45. The van der Waals surface area contributed by atoms with Crippen LogP contribution in [0.4, 0.5) is 20.2 Å². The van der Waals surface area contributed by atoms with Crippen LogP contribution in [0, 0.1) is 0 Å². The molecule has 3 nitrogen and oxygen atoms in total. The number of hydrogen-bond acceptors (Lipinski definition) is 3. The molecule has 0 aliphatic heterocycles. The lowest BCUT2D eigenvalue weighted by Gasteiger charge is -2.10. The molecule has 0 unspecified atom stereocenters. The average Bonchev–Trinajstić information content (AvgIpc) is 2.24. The van der Waals surface area contributed by atoms with Crippen molar-refractivity contribution in [2.24, 2.45) is 0 Å². The Morgan fingerprint density at radius 2 is 1.94 bits per heavy atom. The summed E-state index contributed by atoms with van der Waals surface area (Å²) in [6.45, 7) is -0.0581. The molecule has 1 aromatic carbocycles. The van der Waals surface area contributed by atoms with Crippen molar-refractivity contribution in [3.63, 3.8) is 0 Å². The van der Waals surface area contributed by atoms with Crippen molar-refractivity contribution in [1.29, 1.82) is 0 Å². The van der Waals surface area contributed by atoms with Gasteiger partial charge in [-0.05, 0) is 12.1 Å². The number of benzene rings is 1. The smallest absolute Gasteiger partial charge is 0.261 e. The van der Waals surface area contributed by atoms with Gasteiger partial charge in [-0.2, -0.15) is 0 Å². The molecule has 0 aliphatic rings. The van der Waals surface area contributed by atoms with E-state index in [1.807, 2.05) is 0 Å². The molecule has 0 radical (unpaired) electrons. The second-order valence-corrected chi connectivity index (χ2v) is 4.06. The number of nitrogen functional groups attached to an aromatic ring is 1.